The van der Waals surface area contributed by atoms with Crippen molar-refractivity contribution in [3.05, 3.63) is 95.8 Å². The van der Waals surface area contributed by atoms with E-state index in [1.807, 2.05) is 30.3 Å². The quantitative estimate of drug-likeness (QED) is 0.408. The number of carbonyl (C=O) groups excluding carboxylic acids is 2. The highest BCUT2D eigenvalue weighted by Gasteiger charge is 2.13. The highest BCUT2D eigenvalue weighted by atomic mass is 16.2. The molecule has 1 heterocycles. The molecule has 0 atom stereocenters. The molecule has 0 aliphatic rings. The third-order valence-corrected chi connectivity index (χ3v) is 4.77. The summed E-state index contributed by atoms with van der Waals surface area (Å²) in [4.78, 5) is 32.9. The molecule has 4 rings (SSSR count). The predicted octanol–water partition coefficient (Wildman–Crippen LogP) is 4.18. The van der Waals surface area contributed by atoms with Crippen LogP contribution in [-0.4, -0.2) is 28.3 Å². The van der Waals surface area contributed by atoms with E-state index in [0.717, 1.165) is 29.7 Å². The number of carbonyl (C=O) groups is 2. The van der Waals surface area contributed by atoms with Gasteiger partial charge >= 0.3 is 0 Å². The van der Waals surface area contributed by atoms with Gasteiger partial charge in [-0.15, -0.1) is 0 Å². The molecule has 0 fully saturated rings. The minimum Gasteiger partial charge on any atom is -0.352 e. The first-order valence-corrected chi connectivity index (χ1v) is 9.88. The maximum absolute atomic E-state index is 12.6. The zero-order valence-corrected chi connectivity index (χ0v) is 16.4. The van der Waals surface area contributed by atoms with E-state index in [-0.39, 0.29) is 11.8 Å². The Balaban J connectivity index is 1.33. The number of amides is 2. The Morgan fingerprint density at radius 1 is 0.833 bits per heavy atom. The summed E-state index contributed by atoms with van der Waals surface area (Å²) >= 11 is 0. The summed E-state index contributed by atoms with van der Waals surface area (Å²) in [5.41, 5.74) is 3.42. The van der Waals surface area contributed by atoms with Gasteiger partial charge < -0.3 is 15.6 Å². The van der Waals surface area contributed by atoms with Gasteiger partial charge in [0.25, 0.3) is 11.8 Å². The molecule has 6 heteroatoms. The second-order valence-electron chi connectivity index (χ2n) is 6.93. The molecule has 0 aliphatic carbocycles. The molecule has 3 aromatic carbocycles. The molecule has 6 nitrogen and oxygen atoms in total. The average Bonchev–Trinajstić information content (AvgIpc) is 3.20. The number of nitrogens with zero attached hydrogens (tertiary/aromatic N) is 1. The number of hydrogen-bond donors (Lipinski definition) is 3. The molecular formula is C24H22N4O2. The maximum atomic E-state index is 12.6. The molecule has 2 amide bonds. The van der Waals surface area contributed by atoms with Crippen LogP contribution in [0.1, 0.15) is 33.0 Å². The summed E-state index contributed by atoms with van der Waals surface area (Å²) in [6, 6.07) is 23.8. The van der Waals surface area contributed by atoms with Gasteiger partial charge in [-0.3, -0.25) is 9.59 Å². The number of benzene rings is 3. The Kier molecular flexibility index (Phi) is 5.85. The normalized spacial score (nSPS) is 10.7. The van der Waals surface area contributed by atoms with Crippen LogP contribution in [0.5, 0.6) is 0 Å². The van der Waals surface area contributed by atoms with Gasteiger partial charge in [-0.05, 0) is 42.8 Å². The molecule has 0 unspecified atom stereocenters. The van der Waals surface area contributed by atoms with Crippen molar-refractivity contribution in [3.63, 3.8) is 0 Å². The molecule has 30 heavy (non-hydrogen) atoms. The number of H-pyrrole nitrogens is 1. The smallest absolute Gasteiger partial charge is 0.255 e. The van der Waals surface area contributed by atoms with Crippen molar-refractivity contribution in [1.29, 1.82) is 0 Å². The van der Waals surface area contributed by atoms with Crippen molar-refractivity contribution in [2.75, 3.05) is 11.9 Å². The number of nitrogens with one attached hydrogen (secondary N) is 3. The second kappa shape index (κ2) is 9.05. The number of aromatic nitrogens is 2. The van der Waals surface area contributed by atoms with E-state index in [2.05, 4.69) is 20.6 Å². The third kappa shape index (κ3) is 4.55. The molecule has 0 bridgehead atoms. The summed E-state index contributed by atoms with van der Waals surface area (Å²) in [6.45, 7) is 0.511. The monoisotopic (exact) mass is 398 g/mol. The zero-order chi connectivity index (χ0) is 20.8. The Labute approximate surface area is 174 Å². The number of rotatable bonds is 7. The van der Waals surface area contributed by atoms with Crippen LogP contribution in [0.2, 0.25) is 0 Å². The lowest BCUT2D eigenvalue weighted by atomic mass is 10.1. The molecule has 4 aromatic rings. The lowest BCUT2D eigenvalue weighted by Gasteiger charge is -2.11. The van der Waals surface area contributed by atoms with Crippen molar-refractivity contribution in [1.82, 2.24) is 15.3 Å². The van der Waals surface area contributed by atoms with Crippen LogP contribution in [0.25, 0.3) is 11.0 Å². The fraction of sp³-hybridized carbons (Fsp3) is 0.125. The largest absolute Gasteiger partial charge is 0.352 e. The summed E-state index contributed by atoms with van der Waals surface area (Å²) < 4.78 is 0. The number of fused-ring (bicyclic) bond motifs is 1. The summed E-state index contributed by atoms with van der Waals surface area (Å²) in [6.07, 6.45) is 1.49. The van der Waals surface area contributed by atoms with E-state index in [1.165, 1.54) is 0 Å². The number of aryl methyl sites for hydroxylation is 1. The highest BCUT2D eigenvalue weighted by molar-refractivity contribution is 6.08. The molecule has 150 valence electrons. The average molecular weight is 398 g/mol. The number of para-hydroxylation sites is 3. The van der Waals surface area contributed by atoms with Crippen molar-refractivity contribution in [3.8, 4) is 0 Å². The van der Waals surface area contributed by atoms with Crippen molar-refractivity contribution >= 4 is 28.5 Å². The summed E-state index contributed by atoms with van der Waals surface area (Å²) in [5, 5.41) is 5.75. The first kappa shape index (κ1) is 19.4. The van der Waals surface area contributed by atoms with Gasteiger partial charge in [0, 0.05) is 18.5 Å². The van der Waals surface area contributed by atoms with Gasteiger partial charge in [-0.2, -0.15) is 0 Å². The molecule has 3 N–H and O–H groups in total. The zero-order valence-electron chi connectivity index (χ0n) is 16.4. The lowest BCUT2D eigenvalue weighted by Crippen LogP contribution is -2.26. The fourth-order valence-electron chi connectivity index (χ4n) is 3.25. The van der Waals surface area contributed by atoms with Crippen LogP contribution in [0, 0.1) is 0 Å². The number of hydrogen-bond acceptors (Lipinski definition) is 3. The topological polar surface area (TPSA) is 86.9 Å². The SMILES string of the molecule is O=C(Nc1ccccc1C(=O)NCCCc1nc2ccccc2[nH]1)c1ccccc1. The van der Waals surface area contributed by atoms with Crippen LogP contribution in [0.4, 0.5) is 5.69 Å². The Hall–Kier alpha value is -3.93. The van der Waals surface area contributed by atoms with E-state index >= 15 is 0 Å². The second-order valence-corrected chi connectivity index (χ2v) is 6.93. The lowest BCUT2D eigenvalue weighted by molar-refractivity contribution is 0.0954. The van der Waals surface area contributed by atoms with Gasteiger partial charge in [0.2, 0.25) is 0 Å². The van der Waals surface area contributed by atoms with Crippen LogP contribution in [0.3, 0.4) is 0 Å². The van der Waals surface area contributed by atoms with Gasteiger partial charge in [-0.1, -0.05) is 42.5 Å². The van der Waals surface area contributed by atoms with Crippen LogP contribution in [-0.2, 0) is 6.42 Å². The van der Waals surface area contributed by atoms with Crippen molar-refractivity contribution < 1.29 is 9.59 Å². The van der Waals surface area contributed by atoms with Crippen LogP contribution >= 0.6 is 0 Å². The number of anilines is 1. The van der Waals surface area contributed by atoms with E-state index in [0.29, 0.717) is 23.4 Å². The maximum Gasteiger partial charge on any atom is 0.255 e. The Bertz CT molecular complexity index is 1140. The Morgan fingerprint density at radius 3 is 2.40 bits per heavy atom. The fourth-order valence-corrected chi connectivity index (χ4v) is 3.25. The predicted molar refractivity (Wildman–Crippen MR) is 118 cm³/mol. The minimum atomic E-state index is -0.249. The Morgan fingerprint density at radius 2 is 1.57 bits per heavy atom. The van der Waals surface area contributed by atoms with Gasteiger partial charge in [-0.25, -0.2) is 4.98 Å². The van der Waals surface area contributed by atoms with Gasteiger partial charge in [0.15, 0.2) is 0 Å². The van der Waals surface area contributed by atoms with E-state index in [4.69, 9.17) is 0 Å². The van der Waals surface area contributed by atoms with Gasteiger partial charge in [0.1, 0.15) is 5.82 Å². The minimum absolute atomic E-state index is 0.219. The van der Waals surface area contributed by atoms with E-state index in [1.54, 1.807) is 48.5 Å². The van der Waals surface area contributed by atoms with Crippen LogP contribution < -0.4 is 10.6 Å². The van der Waals surface area contributed by atoms with Crippen LogP contribution in [0.15, 0.2) is 78.9 Å². The molecule has 0 aliphatic heterocycles. The molecule has 1 aromatic heterocycles. The van der Waals surface area contributed by atoms with Crippen molar-refractivity contribution in [2.24, 2.45) is 0 Å². The van der Waals surface area contributed by atoms with Crippen molar-refractivity contribution in [2.45, 2.75) is 12.8 Å². The van der Waals surface area contributed by atoms with E-state index < -0.39 is 0 Å². The highest BCUT2D eigenvalue weighted by Crippen LogP contribution is 2.16. The summed E-state index contributed by atoms with van der Waals surface area (Å²) in [7, 11) is 0. The summed E-state index contributed by atoms with van der Waals surface area (Å²) in [5.74, 6) is 0.435. The molecule has 0 radical (unpaired) electrons. The molecular weight excluding hydrogens is 376 g/mol. The third-order valence-electron chi connectivity index (χ3n) is 4.77. The first-order chi connectivity index (χ1) is 14.7. The number of imidazole rings is 1. The molecule has 0 saturated heterocycles. The number of aromatic amines is 1. The standard InChI is InChI=1S/C24H22N4O2/c29-23(17-9-2-1-3-10-17)28-19-12-5-4-11-18(19)24(30)25-16-8-15-22-26-20-13-6-7-14-21(20)27-22/h1-7,9-14H,8,15-16H2,(H,25,30)(H,26,27)(H,28,29). The molecule has 0 saturated carbocycles. The van der Waals surface area contributed by atoms with Gasteiger partial charge in [0.05, 0.1) is 22.3 Å². The van der Waals surface area contributed by atoms with E-state index in [9.17, 15) is 9.59 Å². The molecule has 0 spiro atoms. The first-order valence-electron chi connectivity index (χ1n) is 9.88.